The summed E-state index contributed by atoms with van der Waals surface area (Å²) in [5, 5.41) is 3.02. The molecule has 0 aromatic carbocycles. The Labute approximate surface area is 106 Å². The smallest absolute Gasteiger partial charge is 0.243 e. The molecule has 0 aliphatic rings. The van der Waals surface area contributed by atoms with Gasteiger partial charge in [-0.2, -0.15) is 0 Å². The second-order valence-electron chi connectivity index (χ2n) is 3.85. The molecule has 0 fully saturated rings. The fraction of sp³-hybridized carbons (Fsp3) is 0.545. The first-order chi connectivity index (χ1) is 8.58. The number of anilines is 1. The van der Waals surface area contributed by atoms with Crippen molar-refractivity contribution in [2.24, 2.45) is 5.73 Å². The molecule has 0 radical (unpaired) electrons. The van der Waals surface area contributed by atoms with Gasteiger partial charge < -0.3 is 20.5 Å². The van der Waals surface area contributed by atoms with Crippen molar-refractivity contribution in [3.63, 3.8) is 0 Å². The number of carbonyl (C=O) groups excluding carboxylic acids is 1. The number of amides is 1. The van der Waals surface area contributed by atoms with Crippen LogP contribution in [0.2, 0.25) is 0 Å². The lowest BCUT2D eigenvalue weighted by Crippen LogP contribution is -2.20. The average molecular weight is 254 g/mol. The predicted molar refractivity (Wildman–Crippen MR) is 66.3 cm³/mol. The van der Waals surface area contributed by atoms with E-state index < -0.39 is 5.91 Å². The molecule has 0 aliphatic heterocycles. The Kier molecular flexibility index (Phi) is 5.86. The number of aromatic nitrogens is 2. The minimum atomic E-state index is -0.482. The lowest BCUT2D eigenvalue weighted by molar-refractivity contribution is -0.122. The van der Waals surface area contributed by atoms with Gasteiger partial charge in [-0.1, -0.05) is 0 Å². The highest BCUT2D eigenvalue weighted by Crippen LogP contribution is 2.11. The van der Waals surface area contributed by atoms with Gasteiger partial charge in [0.2, 0.25) is 11.8 Å². The van der Waals surface area contributed by atoms with Crippen LogP contribution in [0, 0.1) is 0 Å². The van der Waals surface area contributed by atoms with Gasteiger partial charge in [-0.15, -0.1) is 0 Å². The molecule has 0 spiro atoms. The van der Waals surface area contributed by atoms with Gasteiger partial charge in [0.1, 0.15) is 18.8 Å². The first-order valence-corrected chi connectivity index (χ1v) is 5.66. The molecule has 0 bridgehead atoms. The standard InChI is InChI=1S/C11H18N4O3/c1-8(2)18-11-5-10(14-7-15-11)13-3-4-17-6-9(12)16/h5,7-8H,3-4,6H2,1-2H3,(H2,12,16)(H,13,14,15). The summed E-state index contributed by atoms with van der Waals surface area (Å²) in [6.07, 6.45) is 1.48. The van der Waals surface area contributed by atoms with Crippen molar-refractivity contribution in [3.8, 4) is 5.88 Å². The van der Waals surface area contributed by atoms with Gasteiger partial charge >= 0.3 is 0 Å². The van der Waals surface area contributed by atoms with E-state index >= 15 is 0 Å². The maximum atomic E-state index is 10.4. The summed E-state index contributed by atoms with van der Waals surface area (Å²) in [5.41, 5.74) is 4.93. The van der Waals surface area contributed by atoms with E-state index in [1.165, 1.54) is 6.33 Å². The van der Waals surface area contributed by atoms with E-state index in [2.05, 4.69) is 15.3 Å². The third-order valence-electron chi connectivity index (χ3n) is 1.80. The fourth-order valence-corrected chi connectivity index (χ4v) is 1.17. The van der Waals surface area contributed by atoms with E-state index in [1.807, 2.05) is 13.8 Å². The van der Waals surface area contributed by atoms with Crippen LogP contribution in [0.1, 0.15) is 13.8 Å². The van der Waals surface area contributed by atoms with Crippen LogP contribution in [0.15, 0.2) is 12.4 Å². The van der Waals surface area contributed by atoms with Crippen molar-refractivity contribution in [2.75, 3.05) is 25.1 Å². The van der Waals surface area contributed by atoms with Crippen LogP contribution in [-0.4, -0.2) is 41.7 Å². The van der Waals surface area contributed by atoms with Gasteiger partial charge in [0.25, 0.3) is 0 Å². The predicted octanol–water partition coefficient (Wildman–Crippen LogP) is 0.178. The number of hydrogen-bond acceptors (Lipinski definition) is 6. The largest absolute Gasteiger partial charge is 0.475 e. The van der Waals surface area contributed by atoms with Gasteiger partial charge in [-0.3, -0.25) is 4.79 Å². The molecule has 100 valence electrons. The molecule has 0 aliphatic carbocycles. The van der Waals surface area contributed by atoms with Gasteiger partial charge in [-0.05, 0) is 13.8 Å². The normalized spacial score (nSPS) is 10.4. The zero-order valence-corrected chi connectivity index (χ0v) is 10.5. The van der Waals surface area contributed by atoms with E-state index in [0.29, 0.717) is 24.8 Å². The zero-order valence-electron chi connectivity index (χ0n) is 10.5. The van der Waals surface area contributed by atoms with Crippen molar-refractivity contribution in [1.29, 1.82) is 0 Å². The number of hydrogen-bond donors (Lipinski definition) is 2. The summed E-state index contributed by atoms with van der Waals surface area (Å²) in [7, 11) is 0. The van der Waals surface area contributed by atoms with Crippen LogP contribution in [0.25, 0.3) is 0 Å². The molecular weight excluding hydrogens is 236 g/mol. The molecule has 0 saturated carbocycles. The summed E-state index contributed by atoms with van der Waals surface area (Å²) < 4.78 is 10.4. The monoisotopic (exact) mass is 254 g/mol. The Morgan fingerprint density at radius 2 is 2.28 bits per heavy atom. The van der Waals surface area contributed by atoms with Crippen LogP contribution in [0.3, 0.4) is 0 Å². The molecule has 7 heteroatoms. The third kappa shape index (κ3) is 6.00. The summed E-state index contributed by atoms with van der Waals surface area (Å²) >= 11 is 0. The van der Waals surface area contributed by atoms with Gasteiger partial charge in [0, 0.05) is 12.6 Å². The Morgan fingerprint density at radius 3 is 2.94 bits per heavy atom. The topological polar surface area (TPSA) is 99.4 Å². The number of nitrogens with zero attached hydrogens (tertiary/aromatic N) is 2. The molecule has 1 heterocycles. The average Bonchev–Trinajstić information content (AvgIpc) is 2.27. The highest BCUT2D eigenvalue weighted by atomic mass is 16.5. The molecule has 18 heavy (non-hydrogen) atoms. The van der Waals surface area contributed by atoms with Crippen LogP contribution in [-0.2, 0) is 9.53 Å². The number of rotatable bonds is 8. The number of nitrogens with one attached hydrogen (secondary N) is 1. The molecule has 1 aromatic heterocycles. The molecule has 0 atom stereocenters. The number of nitrogens with two attached hydrogens (primary N) is 1. The van der Waals surface area contributed by atoms with Crippen molar-refractivity contribution >= 4 is 11.7 Å². The van der Waals surface area contributed by atoms with Crippen molar-refractivity contribution in [3.05, 3.63) is 12.4 Å². The highest BCUT2D eigenvalue weighted by Gasteiger charge is 2.01. The fourth-order valence-electron chi connectivity index (χ4n) is 1.17. The van der Waals surface area contributed by atoms with Gasteiger partial charge in [0.15, 0.2) is 0 Å². The lowest BCUT2D eigenvalue weighted by atomic mass is 10.4. The minimum absolute atomic E-state index is 0.0617. The molecule has 3 N–H and O–H groups in total. The first-order valence-electron chi connectivity index (χ1n) is 5.66. The summed E-state index contributed by atoms with van der Waals surface area (Å²) in [4.78, 5) is 18.4. The highest BCUT2D eigenvalue weighted by molar-refractivity contribution is 5.74. The Morgan fingerprint density at radius 1 is 1.50 bits per heavy atom. The molecule has 1 amide bonds. The second-order valence-corrected chi connectivity index (χ2v) is 3.85. The van der Waals surface area contributed by atoms with Gasteiger partial charge in [0.05, 0.1) is 12.7 Å². The Bertz CT molecular complexity index is 384. The van der Waals surface area contributed by atoms with Crippen LogP contribution in [0.5, 0.6) is 5.88 Å². The van der Waals surface area contributed by atoms with Crippen molar-refractivity contribution < 1.29 is 14.3 Å². The number of carbonyl (C=O) groups is 1. The Balaban J connectivity index is 2.31. The zero-order chi connectivity index (χ0) is 13.4. The third-order valence-corrected chi connectivity index (χ3v) is 1.80. The van der Waals surface area contributed by atoms with E-state index in [0.717, 1.165) is 0 Å². The van der Waals surface area contributed by atoms with Crippen molar-refractivity contribution in [2.45, 2.75) is 20.0 Å². The summed E-state index contributed by atoms with van der Waals surface area (Å²) in [6, 6.07) is 1.70. The minimum Gasteiger partial charge on any atom is -0.475 e. The van der Waals surface area contributed by atoms with E-state index in [1.54, 1.807) is 6.07 Å². The molecule has 0 unspecified atom stereocenters. The SMILES string of the molecule is CC(C)Oc1cc(NCCOCC(N)=O)ncn1. The molecule has 1 aromatic rings. The van der Waals surface area contributed by atoms with Crippen molar-refractivity contribution in [1.82, 2.24) is 9.97 Å². The quantitative estimate of drug-likeness (QED) is 0.642. The van der Waals surface area contributed by atoms with E-state index in [9.17, 15) is 4.79 Å². The van der Waals surface area contributed by atoms with Gasteiger partial charge in [-0.25, -0.2) is 9.97 Å². The summed E-state index contributed by atoms with van der Waals surface area (Å²) in [5.74, 6) is 0.675. The van der Waals surface area contributed by atoms with E-state index in [-0.39, 0.29) is 12.7 Å². The molecule has 7 nitrogen and oxygen atoms in total. The summed E-state index contributed by atoms with van der Waals surface area (Å²) in [6.45, 7) is 4.66. The number of ether oxygens (including phenoxy) is 2. The van der Waals surface area contributed by atoms with E-state index in [4.69, 9.17) is 15.2 Å². The van der Waals surface area contributed by atoms with Crippen LogP contribution < -0.4 is 15.8 Å². The number of primary amides is 1. The first kappa shape index (κ1) is 14.2. The van der Waals surface area contributed by atoms with Crippen LogP contribution >= 0.6 is 0 Å². The molecular formula is C11H18N4O3. The maximum Gasteiger partial charge on any atom is 0.243 e. The Hall–Kier alpha value is -1.89. The molecule has 1 rings (SSSR count). The lowest BCUT2D eigenvalue weighted by Gasteiger charge is -2.10. The molecule has 0 saturated heterocycles. The van der Waals surface area contributed by atoms with Crippen LogP contribution in [0.4, 0.5) is 5.82 Å². The second kappa shape index (κ2) is 7.44. The maximum absolute atomic E-state index is 10.4.